The van der Waals surface area contributed by atoms with Crippen molar-refractivity contribution in [2.75, 3.05) is 13.1 Å². The van der Waals surface area contributed by atoms with Gasteiger partial charge in [-0.3, -0.25) is 23.8 Å². The third-order valence-electron chi connectivity index (χ3n) is 3.80. The molecule has 29 heavy (non-hydrogen) atoms. The number of rotatable bonds is 6. The number of amides is 3. The van der Waals surface area contributed by atoms with Gasteiger partial charge in [0.15, 0.2) is 28.5 Å². The van der Waals surface area contributed by atoms with Crippen LogP contribution in [0, 0.1) is 23.3 Å². The number of carbonyl (C=O) groups is 3. The molecule has 1 aromatic carbocycles. The van der Waals surface area contributed by atoms with E-state index in [9.17, 15) is 40.4 Å². The highest BCUT2D eigenvalue weighted by Gasteiger charge is 2.45. The van der Waals surface area contributed by atoms with Crippen LogP contribution in [0.1, 0.15) is 16.8 Å². The summed E-state index contributed by atoms with van der Waals surface area (Å²) in [4.78, 5) is 38.0. The van der Waals surface area contributed by atoms with Crippen LogP contribution in [0.3, 0.4) is 0 Å². The molecule has 11 nitrogen and oxygen atoms in total. The van der Waals surface area contributed by atoms with Crippen molar-refractivity contribution >= 4 is 33.5 Å². The van der Waals surface area contributed by atoms with E-state index in [0.29, 0.717) is 4.90 Å². The normalized spacial score (nSPS) is 16.7. The molecule has 1 heterocycles. The molecule has 0 spiro atoms. The molecule has 2 rings (SSSR count). The maximum Gasteiger partial charge on any atom is 0.277 e. The van der Waals surface area contributed by atoms with E-state index in [0.717, 1.165) is 0 Å². The molecule has 1 saturated heterocycles. The van der Waals surface area contributed by atoms with Crippen LogP contribution >= 0.6 is 0 Å². The molecule has 1 aliphatic heterocycles. The molecule has 2 N–H and O–H groups in total. The lowest BCUT2D eigenvalue weighted by molar-refractivity contribution is -0.138. The summed E-state index contributed by atoms with van der Waals surface area (Å²) in [6, 6.07) is 0. The summed E-state index contributed by atoms with van der Waals surface area (Å²) in [5.74, 6) is -12.8. The van der Waals surface area contributed by atoms with Crippen molar-refractivity contribution in [3.63, 3.8) is 0 Å². The number of hydrogen-bond donors (Lipinski definition) is 2. The van der Waals surface area contributed by atoms with Gasteiger partial charge < -0.3 is 5.32 Å². The zero-order chi connectivity index (χ0) is 22.1. The molecule has 0 radical (unpaired) electrons. The van der Waals surface area contributed by atoms with Crippen molar-refractivity contribution in [2.24, 2.45) is 5.11 Å². The Kier molecular flexibility index (Phi) is 6.10. The van der Waals surface area contributed by atoms with Crippen LogP contribution in [0.5, 0.6) is 0 Å². The average Bonchev–Trinajstić information content (AvgIpc) is 2.93. The van der Waals surface area contributed by atoms with E-state index >= 15 is 0 Å². The van der Waals surface area contributed by atoms with Crippen LogP contribution in [0.2, 0.25) is 0 Å². The van der Waals surface area contributed by atoms with Crippen molar-refractivity contribution in [1.29, 1.82) is 0 Å². The Labute approximate surface area is 158 Å². The molecule has 1 aliphatic rings. The molecule has 156 valence electrons. The third kappa shape index (κ3) is 4.13. The fourth-order valence-electron chi connectivity index (χ4n) is 2.46. The van der Waals surface area contributed by atoms with Crippen LogP contribution in [-0.2, 0) is 19.7 Å². The van der Waals surface area contributed by atoms with E-state index < -0.39 is 87.1 Å². The Morgan fingerprint density at radius 2 is 1.79 bits per heavy atom. The topological polar surface area (TPSA) is 170 Å². The fraction of sp³-hybridized carbons (Fsp3) is 0.308. The van der Waals surface area contributed by atoms with E-state index in [4.69, 9.17) is 10.1 Å². The average molecular weight is 439 g/mol. The minimum atomic E-state index is -4.85. The van der Waals surface area contributed by atoms with E-state index in [2.05, 4.69) is 10.0 Å². The zero-order valence-electron chi connectivity index (χ0n) is 13.9. The first kappa shape index (κ1) is 22.1. The Morgan fingerprint density at radius 1 is 1.21 bits per heavy atom. The first-order valence-electron chi connectivity index (χ1n) is 7.41. The van der Waals surface area contributed by atoms with Crippen LogP contribution in [0.15, 0.2) is 5.11 Å². The smallest absolute Gasteiger partial charge is 0.277 e. The number of hydrogen-bond acceptors (Lipinski definition) is 6. The summed E-state index contributed by atoms with van der Waals surface area (Å²) in [6.07, 6.45) is -0.838. The number of imide groups is 1. The molecule has 3 amide bonds. The lowest BCUT2D eigenvalue weighted by Gasteiger charge is -2.15. The van der Waals surface area contributed by atoms with Crippen molar-refractivity contribution in [1.82, 2.24) is 10.2 Å². The van der Waals surface area contributed by atoms with Crippen molar-refractivity contribution in [3.05, 3.63) is 39.3 Å². The molecule has 1 unspecified atom stereocenters. The Balaban J connectivity index is 2.20. The van der Waals surface area contributed by atoms with Crippen LogP contribution < -0.4 is 5.32 Å². The second-order valence-electron chi connectivity index (χ2n) is 5.52. The lowest BCUT2D eigenvalue weighted by Crippen LogP contribution is -2.40. The molecule has 0 saturated carbocycles. The second-order valence-corrected chi connectivity index (χ2v) is 7.12. The van der Waals surface area contributed by atoms with Crippen molar-refractivity contribution in [2.45, 2.75) is 11.7 Å². The molecular formula is C13H9F4N5O6S. The summed E-state index contributed by atoms with van der Waals surface area (Å²) >= 11 is 0. The molecule has 1 atom stereocenters. The molecular weight excluding hydrogens is 430 g/mol. The van der Waals surface area contributed by atoms with Gasteiger partial charge in [0.1, 0.15) is 0 Å². The lowest BCUT2D eigenvalue weighted by atomic mass is 10.1. The summed E-state index contributed by atoms with van der Waals surface area (Å²) < 4.78 is 85.1. The Hall–Kier alpha value is -3.23. The molecule has 0 aliphatic carbocycles. The number of benzene rings is 1. The molecule has 16 heteroatoms. The highest BCUT2D eigenvalue weighted by molar-refractivity contribution is 7.87. The summed E-state index contributed by atoms with van der Waals surface area (Å²) in [5.41, 5.74) is 5.42. The molecule has 0 aromatic heterocycles. The van der Waals surface area contributed by atoms with Gasteiger partial charge in [-0.15, -0.1) is 0 Å². The summed E-state index contributed by atoms with van der Waals surface area (Å²) in [7, 11) is -4.85. The van der Waals surface area contributed by atoms with Gasteiger partial charge in [0.05, 0.1) is 17.7 Å². The van der Waals surface area contributed by atoms with E-state index in [1.165, 1.54) is 0 Å². The minimum absolute atomic E-state index is 0.384. The number of nitrogens with zero attached hydrogens (tertiary/aromatic N) is 4. The summed E-state index contributed by atoms with van der Waals surface area (Å²) in [5, 5.41) is 2.47. The predicted octanol–water partition coefficient (Wildman–Crippen LogP) is 0.930. The maximum atomic E-state index is 13.9. The van der Waals surface area contributed by atoms with Gasteiger partial charge in [-0.05, 0) is 5.53 Å². The highest BCUT2D eigenvalue weighted by Crippen LogP contribution is 2.31. The fourth-order valence-corrected chi connectivity index (χ4v) is 3.19. The largest absolute Gasteiger partial charge is 0.350 e. The Bertz CT molecular complexity index is 1070. The van der Waals surface area contributed by atoms with Gasteiger partial charge in [0.2, 0.25) is 5.91 Å². The van der Waals surface area contributed by atoms with Gasteiger partial charge in [-0.1, -0.05) is 5.11 Å². The van der Waals surface area contributed by atoms with Crippen LogP contribution in [0.4, 0.5) is 23.2 Å². The number of azide groups is 1. The molecule has 1 fully saturated rings. The van der Waals surface area contributed by atoms with Crippen molar-refractivity contribution < 1.29 is 44.9 Å². The molecule has 1 aromatic rings. The monoisotopic (exact) mass is 439 g/mol. The quantitative estimate of drug-likeness (QED) is 0.0976. The third-order valence-corrected chi connectivity index (χ3v) is 4.88. The predicted molar refractivity (Wildman–Crippen MR) is 84.1 cm³/mol. The Morgan fingerprint density at radius 3 is 2.31 bits per heavy atom. The number of carbonyl (C=O) groups excluding carboxylic acids is 3. The number of likely N-dealkylation sites (tertiary alicyclic amines) is 1. The number of nitrogens with one attached hydrogen (secondary N) is 1. The van der Waals surface area contributed by atoms with Gasteiger partial charge in [0, 0.05) is 18.0 Å². The van der Waals surface area contributed by atoms with Gasteiger partial charge in [-0.25, -0.2) is 17.6 Å². The van der Waals surface area contributed by atoms with Gasteiger partial charge >= 0.3 is 0 Å². The van der Waals surface area contributed by atoms with E-state index in [1.807, 2.05) is 5.32 Å². The SMILES string of the molecule is [N-]=[N+]=Nc1c(F)c(F)c(F)c(F)c1C(=O)NCCN1C(=O)CC(S(=O)(=O)O)C1=O. The first-order chi connectivity index (χ1) is 13.4. The first-order valence-corrected chi connectivity index (χ1v) is 8.91. The summed E-state index contributed by atoms with van der Waals surface area (Å²) in [6.45, 7) is -1.29. The number of halogens is 4. The van der Waals surface area contributed by atoms with E-state index in [-0.39, 0.29) is 0 Å². The minimum Gasteiger partial charge on any atom is -0.350 e. The van der Waals surface area contributed by atoms with Gasteiger partial charge in [0.25, 0.3) is 21.9 Å². The second kappa shape index (κ2) is 8.02. The van der Waals surface area contributed by atoms with Gasteiger partial charge in [-0.2, -0.15) is 8.42 Å². The zero-order valence-corrected chi connectivity index (χ0v) is 14.7. The van der Waals surface area contributed by atoms with E-state index in [1.54, 1.807) is 0 Å². The van der Waals surface area contributed by atoms with Crippen molar-refractivity contribution in [3.8, 4) is 0 Å². The van der Waals surface area contributed by atoms with Crippen LogP contribution in [0.25, 0.3) is 10.4 Å². The standard InChI is InChI=1S/C13H9F4N5O6S/c14-7-6(11(20-21-18)10(17)9(16)8(7)15)12(24)19-1-2-22-5(23)3-4(13(22)25)29(26,27)28/h4H,1-3H2,(H,19,24)(H,26,27,28). The maximum absolute atomic E-state index is 13.9. The van der Waals surface area contributed by atoms with Crippen LogP contribution in [-0.4, -0.2) is 53.9 Å². The highest BCUT2D eigenvalue weighted by atomic mass is 32.2. The molecule has 0 bridgehead atoms.